The van der Waals surface area contributed by atoms with Crippen LogP contribution in [0.3, 0.4) is 0 Å². The van der Waals surface area contributed by atoms with E-state index in [2.05, 4.69) is 18.4 Å². The first-order chi connectivity index (χ1) is 14.7. The molecular weight excluding hydrogens is 455 g/mol. The van der Waals surface area contributed by atoms with Crippen LogP contribution < -0.4 is 11.5 Å². The van der Waals surface area contributed by atoms with Crippen molar-refractivity contribution in [3.8, 4) is 0 Å². The van der Waals surface area contributed by atoms with E-state index in [4.69, 9.17) is 44.4 Å². The van der Waals surface area contributed by atoms with Crippen molar-refractivity contribution in [2.24, 2.45) is 5.73 Å². The molecule has 31 heavy (non-hydrogen) atoms. The number of aromatic nitrogens is 2. The molecule has 2 aromatic carbocycles. The number of carbonyl (C=O) groups excluding carboxylic acids is 1. The van der Waals surface area contributed by atoms with Gasteiger partial charge in [-0.2, -0.15) is 0 Å². The molecule has 4 N–H and O–H groups in total. The van der Waals surface area contributed by atoms with Gasteiger partial charge in [-0.3, -0.25) is 0 Å². The summed E-state index contributed by atoms with van der Waals surface area (Å²) in [6.45, 7) is 4.83. The monoisotopic (exact) mass is 478 g/mol. The lowest BCUT2D eigenvalue weighted by Crippen LogP contribution is -2.16. The van der Waals surface area contributed by atoms with E-state index in [1.54, 1.807) is 17.8 Å². The van der Waals surface area contributed by atoms with E-state index in [0.29, 0.717) is 28.7 Å². The summed E-state index contributed by atoms with van der Waals surface area (Å²) < 4.78 is 7.06. The second kappa shape index (κ2) is 10.3. The summed E-state index contributed by atoms with van der Waals surface area (Å²) in [6, 6.07) is 13.1. The van der Waals surface area contributed by atoms with Gasteiger partial charge >= 0.3 is 6.09 Å². The Labute approximate surface area is 195 Å². The number of amides is 1. The maximum atomic E-state index is 11.0. The summed E-state index contributed by atoms with van der Waals surface area (Å²) in [7, 11) is 0. The highest BCUT2D eigenvalue weighted by atomic mass is 35.5. The zero-order chi connectivity index (χ0) is 22.5. The summed E-state index contributed by atoms with van der Waals surface area (Å²) in [5.74, 6) is 0.950. The number of benzene rings is 2. The molecule has 0 aliphatic carbocycles. The molecular formula is C22H24Cl2N4O2S. The molecule has 0 unspecified atom stereocenters. The number of nitrogens with two attached hydrogens (primary N) is 2. The average Bonchev–Trinajstić information content (AvgIpc) is 3.00. The minimum atomic E-state index is -0.808. The van der Waals surface area contributed by atoms with Crippen LogP contribution in [0.25, 0.3) is 0 Å². The van der Waals surface area contributed by atoms with Gasteiger partial charge in [-0.05, 0) is 35.7 Å². The number of primary amides is 1. The Kier molecular flexibility index (Phi) is 7.75. The van der Waals surface area contributed by atoms with Gasteiger partial charge in [0.2, 0.25) is 0 Å². The van der Waals surface area contributed by atoms with E-state index in [0.717, 1.165) is 27.0 Å². The number of carbonyl (C=O) groups is 1. The van der Waals surface area contributed by atoms with Crippen molar-refractivity contribution in [2.75, 3.05) is 12.3 Å². The Morgan fingerprint density at radius 2 is 1.87 bits per heavy atom. The molecule has 0 radical (unpaired) electrons. The Morgan fingerprint density at radius 1 is 1.19 bits per heavy atom. The van der Waals surface area contributed by atoms with Gasteiger partial charge in [0, 0.05) is 27.0 Å². The lowest BCUT2D eigenvalue weighted by molar-refractivity contribution is 0.157. The molecule has 3 aromatic rings. The van der Waals surface area contributed by atoms with Gasteiger partial charge in [-0.15, -0.1) is 0 Å². The van der Waals surface area contributed by atoms with Crippen molar-refractivity contribution >= 4 is 46.7 Å². The number of para-hydroxylation sites is 1. The second-order valence-electron chi connectivity index (χ2n) is 7.28. The predicted octanol–water partition coefficient (Wildman–Crippen LogP) is 5.73. The number of rotatable bonds is 8. The number of nitrogens with zero attached hydrogens (tertiary/aromatic N) is 2. The zero-order valence-corrected chi connectivity index (χ0v) is 19.6. The van der Waals surface area contributed by atoms with E-state index < -0.39 is 6.09 Å². The number of hydrogen-bond donors (Lipinski definition) is 2. The maximum absolute atomic E-state index is 11.0. The molecule has 9 heteroatoms. The van der Waals surface area contributed by atoms with Crippen molar-refractivity contribution in [3.05, 3.63) is 69.6 Å². The third-order valence-corrected chi connectivity index (χ3v) is 6.11. The number of imidazole rings is 1. The normalized spacial score (nSPS) is 11.1. The summed E-state index contributed by atoms with van der Waals surface area (Å²) >= 11 is 14.0. The van der Waals surface area contributed by atoms with Gasteiger partial charge in [0.1, 0.15) is 17.5 Å². The van der Waals surface area contributed by atoms with E-state index in [-0.39, 0.29) is 12.5 Å². The third kappa shape index (κ3) is 6.09. The number of hydrogen-bond acceptors (Lipinski definition) is 5. The Hall–Kier alpha value is -2.35. The molecule has 1 amide bonds. The van der Waals surface area contributed by atoms with Gasteiger partial charge in [0.25, 0.3) is 0 Å². The summed E-state index contributed by atoms with van der Waals surface area (Å²) in [6.07, 6.45) is -0.385. The SMILES string of the molecule is CC(C)c1nc(CCOC(N)=O)n(Cc2ccccc2N)c1Sc1cc(Cl)cc(Cl)c1. The van der Waals surface area contributed by atoms with Crippen molar-refractivity contribution in [1.29, 1.82) is 0 Å². The van der Waals surface area contributed by atoms with Crippen molar-refractivity contribution in [3.63, 3.8) is 0 Å². The van der Waals surface area contributed by atoms with Gasteiger partial charge in [0.05, 0.1) is 12.2 Å². The Morgan fingerprint density at radius 3 is 2.48 bits per heavy atom. The van der Waals surface area contributed by atoms with Crippen LogP contribution in [0.5, 0.6) is 0 Å². The minimum absolute atomic E-state index is 0.140. The molecule has 0 aliphatic rings. The highest BCUT2D eigenvalue weighted by molar-refractivity contribution is 7.99. The molecule has 0 aliphatic heterocycles. The van der Waals surface area contributed by atoms with Crippen LogP contribution in [-0.4, -0.2) is 22.3 Å². The lowest BCUT2D eigenvalue weighted by atomic mass is 10.1. The Balaban J connectivity index is 2.07. The summed E-state index contributed by atoms with van der Waals surface area (Å²) in [5.41, 5.74) is 13.9. The number of nitrogen functional groups attached to an aromatic ring is 1. The molecule has 1 heterocycles. The minimum Gasteiger partial charge on any atom is -0.449 e. The molecule has 3 rings (SSSR count). The molecule has 6 nitrogen and oxygen atoms in total. The number of anilines is 1. The lowest BCUT2D eigenvalue weighted by Gasteiger charge is -2.15. The van der Waals surface area contributed by atoms with Crippen molar-refractivity contribution < 1.29 is 9.53 Å². The average molecular weight is 479 g/mol. The van der Waals surface area contributed by atoms with E-state index >= 15 is 0 Å². The smallest absolute Gasteiger partial charge is 0.404 e. The van der Waals surface area contributed by atoms with Crippen LogP contribution in [0, 0.1) is 0 Å². The number of ether oxygens (including phenoxy) is 1. The highest BCUT2D eigenvalue weighted by Crippen LogP contribution is 2.38. The molecule has 0 spiro atoms. The van der Waals surface area contributed by atoms with Gasteiger partial charge in [-0.1, -0.05) is 67.0 Å². The molecule has 0 atom stereocenters. The van der Waals surface area contributed by atoms with Crippen molar-refractivity contribution in [1.82, 2.24) is 9.55 Å². The van der Waals surface area contributed by atoms with Crippen molar-refractivity contribution in [2.45, 2.75) is 42.7 Å². The van der Waals surface area contributed by atoms with Gasteiger partial charge in [-0.25, -0.2) is 9.78 Å². The molecule has 0 saturated heterocycles. The fraction of sp³-hybridized carbons (Fsp3) is 0.273. The van der Waals surface area contributed by atoms with Crippen LogP contribution in [0.1, 0.15) is 36.8 Å². The van der Waals surface area contributed by atoms with Gasteiger partial charge < -0.3 is 20.8 Å². The molecule has 164 valence electrons. The first-order valence-corrected chi connectivity index (χ1v) is 11.3. The van der Waals surface area contributed by atoms with Crippen LogP contribution in [0.4, 0.5) is 10.5 Å². The molecule has 0 bridgehead atoms. The fourth-order valence-corrected chi connectivity index (χ4v) is 5.05. The molecule has 1 aromatic heterocycles. The second-order valence-corrected chi connectivity index (χ2v) is 9.22. The predicted molar refractivity (Wildman–Crippen MR) is 126 cm³/mol. The van der Waals surface area contributed by atoms with Crippen LogP contribution in [0.2, 0.25) is 10.0 Å². The van der Waals surface area contributed by atoms with Crippen LogP contribution >= 0.6 is 35.0 Å². The Bertz CT molecular complexity index is 1070. The fourth-order valence-electron chi connectivity index (χ4n) is 3.13. The number of halogens is 2. The first kappa shape index (κ1) is 23.3. The summed E-state index contributed by atoms with van der Waals surface area (Å²) in [5, 5.41) is 2.09. The molecule has 0 fully saturated rings. The highest BCUT2D eigenvalue weighted by Gasteiger charge is 2.21. The molecule has 0 saturated carbocycles. The van der Waals surface area contributed by atoms with E-state index in [9.17, 15) is 4.79 Å². The van der Waals surface area contributed by atoms with Crippen LogP contribution in [0.15, 0.2) is 52.4 Å². The topological polar surface area (TPSA) is 96.2 Å². The largest absolute Gasteiger partial charge is 0.449 e. The quantitative estimate of drug-likeness (QED) is 0.402. The van der Waals surface area contributed by atoms with Crippen LogP contribution in [-0.2, 0) is 17.7 Å². The van der Waals surface area contributed by atoms with E-state index in [1.807, 2.05) is 36.4 Å². The zero-order valence-electron chi connectivity index (χ0n) is 17.3. The van der Waals surface area contributed by atoms with E-state index in [1.165, 1.54) is 0 Å². The maximum Gasteiger partial charge on any atom is 0.404 e. The third-order valence-electron chi connectivity index (χ3n) is 4.58. The standard InChI is InChI=1S/C22H24Cl2N4O2S/c1-13(2)20-21(31-17-10-15(23)9-16(24)11-17)28(12-14-5-3-4-6-18(14)25)19(27-20)7-8-30-22(26)29/h3-6,9-11,13H,7-8,12,25H2,1-2H3,(H2,26,29). The first-order valence-electron chi connectivity index (χ1n) is 9.73. The summed E-state index contributed by atoms with van der Waals surface area (Å²) in [4.78, 5) is 16.8. The van der Waals surface area contributed by atoms with Gasteiger partial charge in [0.15, 0.2) is 0 Å².